The van der Waals surface area contributed by atoms with E-state index in [1.807, 2.05) is 25.6 Å². The standard InChI is InChI=1S/C10H23O2PS3/c1-4-7-8-15-9-10-16-13(14,11-5-2)12-6-3/h4-10H2,1-3H3. The van der Waals surface area contributed by atoms with Crippen molar-refractivity contribution in [2.75, 3.05) is 30.5 Å². The van der Waals surface area contributed by atoms with Crippen LogP contribution in [0.25, 0.3) is 0 Å². The largest absolute Gasteiger partial charge is 0.322 e. The molecule has 0 fully saturated rings. The lowest BCUT2D eigenvalue weighted by molar-refractivity contribution is 0.280. The van der Waals surface area contributed by atoms with Gasteiger partial charge in [-0.3, -0.25) is 0 Å². The first-order valence-corrected chi connectivity index (χ1v) is 11.2. The third-order valence-corrected chi connectivity index (χ3v) is 8.58. The molecule has 0 atom stereocenters. The van der Waals surface area contributed by atoms with Crippen molar-refractivity contribution in [2.45, 2.75) is 33.6 Å². The Bertz CT molecular complexity index is 193. The first kappa shape index (κ1) is 17.3. The normalized spacial score (nSPS) is 11.9. The zero-order chi connectivity index (χ0) is 12.3. The molecular formula is C10H23O2PS3. The lowest BCUT2D eigenvalue weighted by Gasteiger charge is -2.19. The van der Waals surface area contributed by atoms with Crippen molar-refractivity contribution >= 4 is 40.6 Å². The molecule has 0 rings (SSSR count). The van der Waals surface area contributed by atoms with Crippen molar-refractivity contribution in [1.82, 2.24) is 0 Å². The Labute approximate surface area is 114 Å². The van der Waals surface area contributed by atoms with Crippen LogP contribution in [-0.4, -0.2) is 30.5 Å². The fourth-order valence-corrected chi connectivity index (χ4v) is 7.26. The van der Waals surface area contributed by atoms with Crippen molar-refractivity contribution in [3.63, 3.8) is 0 Å². The van der Waals surface area contributed by atoms with E-state index in [0.717, 1.165) is 11.5 Å². The Morgan fingerprint density at radius 1 is 1.00 bits per heavy atom. The minimum absolute atomic E-state index is 0.646. The molecule has 0 radical (unpaired) electrons. The maximum atomic E-state index is 5.55. The third kappa shape index (κ3) is 9.32. The molecule has 0 bridgehead atoms. The summed E-state index contributed by atoms with van der Waals surface area (Å²) in [6, 6.07) is 0. The van der Waals surface area contributed by atoms with Crippen LogP contribution in [0.15, 0.2) is 0 Å². The Balaban J connectivity index is 3.64. The molecule has 6 heteroatoms. The molecular weight excluding hydrogens is 279 g/mol. The molecule has 0 saturated carbocycles. The van der Waals surface area contributed by atoms with Crippen LogP contribution in [-0.2, 0) is 20.9 Å². The summed E-state index contributed by atoms with van der Waals surface area (Å²) in [7, 11) is 0. The molecule has 0 unspecified atom stereocenters. The zero-order valence-corrected chi connectivity index (χ0v) is 13.8. The summed E-state index contributed by atoms with van der Waals surface area (Å²) >= 11 is 9.11. The molecule has 98 valence electrons. The van der Waals surface area contributed by atoms with E-state index in [-0.39, 0.29) is 0 Å². The van der Waals surface area contributed by atoms with Gasteiger partial charge in [0.15, 0.2) is 0 Å². The number of rotatable bonds is 11. The lowest BCUT2D eigenvalue weighted by Crippen LogP contribution is -1.94. The van der Waals surface area contributed by atoms with E-state index in [1.165, 1.54) is 18.6 Å². The number of thioether (sulfide) groups is 1. The SMILES string of the molecule is CCCCSCCSP(=S)(OCC)OCC. The van der Waals surface area contributed by atoms with Crippen LogP contribution in [0.1, 0.15) is 33.6 Å². The molecule has 0 aromatic carbocycles. The second kappa shape index (κ2) is 11.4. The van der Waals surface area contributed by atoms with Gasteiger partial charge >= 0.3 is 0 Å². The van der Waals surface area contributed by atoms with E-state index in [4.69, 9.17) is 20.9 Å². The van der Waals surface area contributed by atoms with Crippen LogP contribution < -0.4 is 0 Å². The molecule has 0 aliphatic heterocycles. The topological polar surface area (TPSA) is 18.5 Å². The van der Waals surface area contributed by atoms with Crippen molar-refractivity contribution in [3.05, 3.63) is 0 Å². The fraction of sp³-hybridized carbons (Fsp3) is 1.00. The first-order valence-electron chi connectivity index (χ1n) is 5.79. The van der Waals surface area contributed by atoms with Crippen LogP contribution in [0.2, 0.25) is 0 Å². The van der Waals surface area contributed by atoms with Gasteiger partial charge in [-0.15, -0.1) is 0 Å². The maximum Gasteiger partial charge on any atom is 0.247 e. The summed E-state index contributed by atoms with van der Waals surface area (Å²) in [5.74, 6) is 3.43. The van der Waals surface area contributed by atoms with Gasteiger partial charge in [0.2, 0.25) is 5.69 Å². The van der Waals surface area contributed by atoms with Crippen LogP contribution in [0.5, 0.6) is 0 Å². The number of hydrogen-bond acceptors (Lipinski definition) is 5. The molecule has 0 heterocycles. The second-order valence-electron chi connectivity index (χ2n) is 3.08. The molecule has 0 amide bonds. The van der Waals surface area contributed by atoms with Crippen molar-refractivity contribution < 1.29 is 9.05 Å². The highest BCUT2D eigenvalue weighted by molar-refractivity contribution is 8.68. The first-order chi connectivity index (χ1) is 7.68. The monoisotopic (exact) mass is 302 g/mol. The number of unbranched alkanes of at least 4 members (excludes halogenated alkanes) is 1. The molecule has 0 aromatic heterocycles. The third-order valence-electron chi connectivity index (χ3n) is 1.69. The minimum Gasteiger partial charge on any atom is -0.322 e. The second-order valence-corrected chi connectivity index (χ2v) is 10.7. The zero-order valence-electron chi connectivity index (χ0n) is 10.4. The summed E-state index contributed by atoms with van der Waals surface area (Å²) < 4.78 is 11.1. The van der Waals surface area contributed by atoms with E-state index < -0.39 is 5.69 Å². The molecule has 2 nitrogen and oxygen atoms in total. The Kier molecular flexibility index (Phi) is 12.3. The highest BCUT2D eigenvalue weighted by Crippen LogP contribution is 2.60. The highest BCUT2D eigenvalue weighted by atomic mass is 32.9. The van der Waals surface area contributed by atoms with E-state index in [0.29, 0.717) is 13.2 Å². The van der Waals surface area contributed by atoms with Gasteiger partial charge in [0.1, 0.15) is 0 Å². The summed E-state index contributed by atoms with van der Waals surface area (Å²) in [6.07, 6.45) is 2.58. The molecule has 0 aromatic rings. The van der Waals surface area contributed by atoms with E-state index >= 15 is 0 Å². The van der Waals surface area contributed by atoms with Gasteiger partial charge in [0, 0.05) is 11.5 Å². The van der Waals surface area contributed by atoms with Crippen LogP contribution in [0, 0.1) is 0 Å². The van der Waals surface area contributed by atoms with Crippen LogP contribution in [0.3, 0.4) is 0 Å². The van der Waals surface area contributed by atoms with Crippen molar-refractivity contribution in [3.8, 4) is 0 Å². The molecule has 16 heavy (non-hydrogen) atoms. The summed E-state index contributed by atoms with van der Waals surface area (Å²) in [5, 5.41) is 0. The van der Waals surface area contributed by atoms with Crippen molar-refractivity contribution in [2.24, 2.45) is 0 Å². The van der Waals surface area contributed by atoms with Gasteiger partial charge < -0.3 is 9.05 Å². The predicted octanol–water partition coefficient (Wildman–Crippen LogP) is 4.55. The Morgan fingerprint density at radius 3 is 2.12 bits per heavy atom. The van der Waals surface area contributed by atoms with Gasteiger partial charge in [-0.1, -0.05) is 24.7 Å². The summed E-state index contributed by atoms with van der Waals surface area (Å²) in [6.45, 7) is 7.45. The fourth-order valence-electron chi connectivity index (χ4n) is 0.984. The molecule has 0 spiro atoms. The Morgan fingerprint density at radius 2 is 1.62 bits per heavy atom. The van der Waals surface area contributed by atoms with Gasteiger partial charge in [-0.25, -0.2) is 0 Å². The summed E-state index contributed by atoms with van der Waals surface area (Å²) in [5.41, 5.74) is -2.04. The lowest BCUT2D eigenvalue weighted by atomic mass is 10.4. The quantitative estimate of drug-likeness (QED) is 0.410. The van der Waals surface area contributed by atoms with Crippen LogP contribution in [0.4, 0.5) is 0 Å². The average Bonchev–Trinajstić information content (AvgIpc) is 2.24. The summed E-state index contributed by atoms with van der Waals surface area (Å²) in [4.78, 5) is 0. The maximum absolute atomic E-state index is 5.55. The van der Waals surface area contributed by atoms with Gasteiger partial charge in [0.25, 0.3) is 0 Å². The number of hydrogen-bond donors (Lipinski definition) is 0. The molecule has 0 aliphatic rings. The Hall–Kier alpha value is 1.27. The minimum atomic E-state index is -2.04. The predicted molar refractivity (Wildman–Crippen MR) is 82.2 cm³/mol. The van der Waals surface area contributed by atoms with Gasteiger partial charge in [-0.05, 0) is 37.8 Å². The van der Waals surface area contributed by atoms with E-state index in [1.54, 1.807) is 11.4 Å². The molecule has 0 saturated heterocycles. The van der Waals surface area contributed by atoms with Crippen molar-refractivity contribution in [1.29, 1.82) is 0 Å². The highest BCUT2D eigenvalue weighted by Gasteiger charge is 2.17. The smallest absolute Gasteiger partial charge is 0.247 e. The van der Waals surface area contributed by atoms with Gasteiger partial charge in [0.05, 0.1) is 13.2 Å². The average molecular weight is 302 g/mol. The van der Waals surface area contributed by atoms with E-state index in [9.17, 15) is 0 Å². The van der Waals surface area contributed by atoms with Crippen LogP contribution >= 0.6 is 28.8 Å². The van der Waals surface area contributed by atoms with Gasteiger partial charge in [-0.2, -0.15) is 11.8 Å². The van der Waals surface area contributed by atoms with E-state index in [2.05, 4.69) is 6.92 Å². The molecule has 0 aliphatic carbocycles. The molecule has 0 N–H and O–H groups in total.